The summed E-state index contributed by atoms with van der Waals surface area (Å²) in [5.41, 5.74) is 7.69. The molecule has 0 saturated heterocycles. The van der Waals surface area contributed by atoms with E-state index in [4.69, 9.17) is 5.26 Å². The lowest BCUT2D eigenvalue weighted by Gasteiger charge is -2.20. The third kappa shape index (κ3) is 2.98. The van der Waals surface area contributed by atoms with Crippen LogP contribution < -0.4 is 4.90 Å². The molecule has 0 spiro atoms. The lowest BCUT2D eigenvalue weighted by Crippen LogP contribution is -2.18. The van der Waals surface area contributed by atoms with Crippen molar-refractivity contribution in [3.05, 3.63) is 78.2 Å². The normalized spacial score (nSPS) is 11.8. The fraction of sp³-hybridized carbons (Fsp3) is 0.200. The number of aromatic nitrogens is 3. The summed E-state index contributed by atoms with van der Waals surface area (Å²) in [6.45, 7) is 4.03. The van der Waals surface area contributed by atoms with Crippen molar-refractivity contribution >= 4 is 5.69 Å². The molecule has 0 amide bonds. The predicted octanol–water partition coefficient (Wildman–Crippen LogP) is 5.09. The molecule has 0 bridgehead atoms. The van der Waals surface area contributed by atoms with Crippen LogP contribution in [0.3, 0.4) is 0 Å². The number of imidazole rings is 1. The van der Waals surface area contributed by atoms with Gasteiger partial charge < -0.3 is 9.47 Å². The fourth-order valence-electron chi connectivity index (χ4n) is 4.23. The van der Waals surface area contributed by atoms with Gasteiger partial charge in [0.1, 0.15) is 0 Å². The quantitative estimate of drug-likeness (QED) is 0.427. The first-order valence-corrected chi connectivity index (χ1v) is 10.3. The molecule has 0 unspecified atom stereocenters. The standard InChI is InChI=1S/C25H23N5/c1-3-11-28(2)22-8-9-23-21(13-22)17-29-16-20(19-6-4-18(15-26)5-7-19)14-24(29)25-27-10-12-30(23)25/h4-10,12-14,16H,3,11,17H2,1-2H3. The van der Waals surface area contributed by atoms with E-state index >= 15 is 0 Å². The Morgan fingerprint density at radius 2 is 1.93 bits per heavy atom. The van der Waals surface area contributed by atoms with Gasteiger partial charge in [-0.15, -0.1) is 0 Å². The summed E-state index contributed by atoms with van der Waals surface area (Å²) in [6.07, 6.45) is 7.20. The Labute approximate surface area is 176 Å². The van der Waals surface area contributed by atoms with E-state index in [9.17, 15) is 0 Å². The van der Waals surface area contributed by atoms with E-state index in [1.54, 1.807) is 0 Å². The zero-order chi connectivity index (χ0) is 20.7. The number of hydrogen-bond donors (Lipinski definition) is 0. The highest BCUT2D eigenvalue weighted by atomic mass is 15.1. The van der Waals surface area contributed by atoms with Crippen LogP contribution in [-0.2, 0) is 6.54 Å². The Hall–Kier alpha value is -3.78. The van der Waals surface area contributed by atoms with E-state index in [0.29, 0.717) is 5.56 Å². The van der Waals surface area contributed by atoms with E-state index in [1.807, 2.05) is 36.7 Å². The molecule has 0 radical (unpaired) electrons. The van der Waals surface area contributed by atoms with Gasteiger partial charge in [0, 0.05) is 50.0 Å². The molecule has 2 aromatic heterocycles. The molecule has 1 aliphatic rings. The molecule has 5 nitrogen and oxygen atoms in total. The van der Waals surface area contributed by atoms with Gasteiger partial charge in [0.15, 0.2) is 5.82 Å². The molecule has 0 fully saturated rings. The van der Waals surface area contributed by atoms with E-state index in [0.717, 1.165) is 42.2 Å². The Morgan fingerprint density at radius 1 is 1.10 bits per heavy atom. The molecule has 30 heavy (non-hydrogen) atoms. The van der Waals surface area contributed by atoms with Crippen LogP contribution in [-0.4, -0.2) is 27.7 Å². The summed E-state index contributed by atoms with van der Waals surface area (Å²) in [5, 5.41) is 9.07. The maximum atomic E-state index is 9.07. The predicted molar refractivity (Wildman–Crippen MR) is 120 cm³/mol. The SMILES string of the molecule is CCCN(C)c1ccc2c(c1)Cn1cc(-c3ccc(C#N)cc3)cc1-c1nccn1-2. The minimum atomic E-state index is 0.674. The van der Waals surface area contributed by atoms with Gasteiger partial charge in [0.05, 0.1) is 23.0 Å². The van der Waals surface area contributed by atoms with Gasteiger partial charge >= 0.3 is 0 Å². The summed E-state index contributed by atoms with van der Waals surface area (Å²) in [6, 6.07) is 18.8. The van der Waals surface area contributed by atoms with Crippen molar-refractivity contribution in [3.8, 4) is 34.4 Å². The largest absolute Gasteiger partial charge is 0.375 e. The Bertz CT molecular complexity index is 1250. The second-order valence-corrected chi connectivity index (χ2v) is 7.79. The molecule has 3 heterocycles. The second kappa shape index (κ2) is 7.23. The molecule has 5 rings (SSSR count). The topological polar surface area (TPSA) is 49.8 Å². The number of fused-ring (bicyclic) bond motifs is 5. The van der Waals surface area contributed by atoms with Crippen LogP contribution in [0, 0.1) is 11.3 Å². The molecule has 0 aliphatic carbocycles. The average molecular weight is 393 g/mol. The number of benzene rings is 2. The van der Waals surface area contributed by atoms with Gasteiger partial charge in [0.2, 0.25) is 0 Å². The van der Waals surface area contributed by atoms with Crippen molar-refractivity contribution in [2.75, 3.05) is 18.5 Å². The molecular formula is C25H23N5. The van der Waals surface area contributed by atoms with Crippen molar-refractivity contribution < 1.29 is 0 Å². The van der Waals surface area contributed by atoms with Gasteiger partial charge in [-0.25, -0.2) is 4.98 Å². The summed E-state index contributed by atoms with van der Waals surface area (Å²) in [5.74, 6) is 0.948. The van der Waals surface area contributed by atoms with Crippen molar-refractivity contribution in [3.63, 3.8) is 0 Å². The summed E-state index contributed by atoms with van der Waals surface area (Å²) >= 11 is 0. The number of rotatable bonds is 4. The molecule has 0 saturated carbocycles. The van der Waals surface area contributed by atoms with Crippen LogP contribution >= 0.6 is 0 Å². The van der Waals surface area contributed by atoms with Crippen LogP contribution in [0.5, 0.6) is 0 Å². The zero-order valence-corrected chi connectivity index (χ0v) is 17.2. The van der Waals surface area contributed by atoms with Crippen LogP contribution in [0.2, 0.25) is 0 Å². The lowest BCUT2D eigenvalue weighted by atomic mass is 10.1. The molecular weight excluding hydrogens is 370 g/mol. The smallest absolute Gasteiger partial charge is 0.161 e. The van der Waals surface area contributed by atoms with Gasteiger partial charge in [-0.05, 0) is 53.9 Å². The van der Waals surface area contributed by atoms with Gasteiger partial charge in [0.25, 0.3) is 0 Å². The molecule has 2 aromatic carbocycles. The number of nitriles is 1. The second-order valence-electron chi connectivity index (χ2n) is 7.79. The van der Waals surface area contributed by atoms with Crippen molar-refractivity contribution in [2.24, 2.45) is 0 Å². The van der Waals surface area contributed by atoms with E-state index in [-0.39, 0.29) is 0 Å². The molecule has 0 atom stereocenters. The van der Waals surface area contributed by atoms with Gasteiger partial charge in [-0.1, -0.05) is 19.1 Å². The van der Waals surface area contributed by atoms with E-state index in [2.05, 4.69) is 69.5 Å². The summed E-state index contributed by atoms with van der Waals surface area (Å²) in [4.78, 5) is 6.97. The first-order chi connectivity index (χ1) is 14.7. The number of hydrogen-bond acceptors (Lipinski definition) is 3. The molecule has 1 aliphatic heterocycles. The number of anilines is 1. The number of nitrogens with zero attached hydrogens (tertiary/aromatic N) is 5. The lowest BCUT2D eigenvalue weighted by molar-refractivity contribution is 0.814. The molecule has 5 heteroatoms. The van der Waals surface area contributed by atoms with Crippen LogP contribution in [0.25, 0.3) is 28.3 Å². The van der Waals surface area contributed by atoms with Crippen molar-refractivity contribution in [1.82, 2.24) is 14.1 Å². The minimum absolute atomic E-state index is 0.674. The van der Waals surface area contributed by atoms with Crippen molar-refractivity contribution in [2.45, 2.75) is 19.9 Å². The Kier molecular flexibility index (Phi) is 4.40. The van der Waals surface area contributed by atoms with Crippen LogP contribution in [0.4, 0.5) is 5.69 Å². The highest BCUT2D eigenvalue weighted by molar-refractivity contribution is 5.72. The first-order valence-electron chi connectivity index (χ1n) is 10.3. The Balaban J connectivity index is 1.61. The third-order valence-electron chi connectivity index (χ3n) is 5.78. The Morgan fingerprint density at radius 3 is 2.70 bits per heavy atom. The third-order valence-corrected chi connectivity index (χ3v) is 5.78. The highest BCUT2D eigenvalue weighted by Gasteiger charge is 2.21. The average Bonchev–Trinajstić information content (AvgIpc) is 3.39. The van der Waals surface area contributed by atoms with Gasteiger partial charge in [-0.2, -0.15) is 5.26 Å². The summed E-state index contributed by atoms with van der Waals surface area (Å²) < 4.78 is 4.46. The highest BCUT2D eigenvalue weighted by Crippen LogP contribution is 2.35. The maximum absolute atomic E-state index is 9.07. The minimum Gasteiger partial charge on any atom is -0.375 e. The van der Waals surface area contributed by atoms with Crippen molar-refractivity contribution in [1.29, 1.82) is 5.26 Å². The van der Waals surface area contributed by atoms with E-state index in [1.165, 1.54) is 16.9 Å². The zero-order valence-electron chi connectivity index (χ0n) is 17.2. The monoisotopic (exact) mass is 393 g/mol. The van der Waals surface area contributed by atoms with Crippen LogP contribution in [0.1, 0.15) is 24.5 Å². The molecule has 148 valence electrons. The van der Waals surface area contributed by atoms with Gasteiger partial charge in [-0.3, -0.25) is 4.57 Å². The maximum Gasteiger partial charge on any atom is 0.161 e. The summed E-state index contributed by atoms with van der Waals surface area (Å²) in [7, 11) is 2.15. The fourth-order valence-corrected chi connectivity index (χ4v) is 4.23. The molecule has 0 N–H and O–H groups in total. The first kappa shape index (κ1) is 18.3. The van der Waals surface area contributed by atoms with Crippen LogP contribution in [0.15, 0.2) is 67.1 Å². The van der Waals surface area contributed by atoms with E-state index < -0.39 is 0 Å². The molecule has 4 aromatic rings.